The van der Waals surface area contributed by atoms with Crippen LogP contribution in [0.2, 0.25) is 0 Å². The zero-order valence-electron chi connectivity index (χ0n) is 11.1. The van der Waals surface area contributed by atoms with Crippen LogP contribution in [0.3, 0.4) is 0 Å². The van der Waals surface area contributed by atoms with Gasteiger partial charge in [0.1, 0.15) is 5.82 Å². The van der Waals surface area contributed by atoms with Crippen LogP contribution >= 0.6 is 15.9 Å². The van der Waals surface area contributed by atoms with E-state index in [1.807, 2.05) is 6.20 Å². The summed E-state index contributed by atoms with van der Waals surface area (Å²) in [5.41, 5.74) is 1.26. The second-order valence-corrected chi connectivity index (χ2v) is 6.36. The molecule has 17 heavy (non-hydrogen) atoms. The maximum atomic E-state index is 4.56. The summed E-state index contributed by atoms with van der Waals surface area (Å²) in [4.78, 5) is 7.02. The number of halogens is 1. The van der Waals surface area contributed by atoms with Crippen molar-refractivity contribution in [2.45, 2.75) is 40.2 Å². The van der Waals surface area contributed by atoms with Gasteiger partial charge in [0, 0.05) is 23.3 Å². The van der Waals surface area contributed by atoms with E-state index in [0.29, 0.717) is 6.04 Å². The summed E-state index contributed by atoms with van der Waals surface area (Å²) in [7, 11) is 0. The predicted molar refractivity (Wildman–Crippen MR) is 76.4 cm³/mol. The topological polar surface area (TPSA) is 16.1 Å². The van der Waals surface area contributed by atoms with Gasteiger partial charge in [-0.05, 0) is 59.7 Å². The number of hydrogen-bond donors (Lipinski definition) is 0. The molecule has 0 saturated carbocycles. The number of pyridine rings is 1. The number of aromatic nitrogens is 1. The first-order chi connectivity index (χ1) is 7.99. The van der Waals surface area contributed by atoms with Crippen molar-refractivity contribution in [1.82, 2.24) is 4.98 Å². The minimum absolute atomic E-state index is 0.583. The van der Waals surface area contributed by atoms with E-state index in [1.54, 1.807) is 0 Å². The summed E-state index contributed by atoms with van der Waals surface area (Å²) in [6, 6.07) is 2.77. The maximum absolute atomic E-state index is 4.56. The minimum atomic E-state index is 0.583. The van der Waals surface area contributed by atoms with Gasteiger partial charge in [0.2, 0.25) is 0 Å². The molecule has 1 saturated heterocycles. The van der Waals surface area contributed by atoms with Crippen LogP contribution in [0.25, 0.3) is 0 Å². The van der Waals surface area contributed by atoms with Crippen molar-refractivity contribution in [3.63, 3.8) is 0 Å². The van der Waals surface area contributed by atoms with Crippen molar-refractivity contribution in [3.8, 4) is 0 Å². The second kappa shape index (κ2) is 4.97. The molecule has 1 aromatic rings. The van der Waals surface area contributed by atoms with Crippen molar-refractivity contribution in [2.24, 2.45) is 11.8 Å². The third kappa shape index (κ3) is 2.65. The van der Waals surface area contributed by atoms with Gasteiger partial charge in [-0.3, -0.25) is 0 Å². The van der Waals surface area contributed by atoms with Crippen LogP contribution < -0.4 is 4.90 Å². The fourth-order valence-electron chi connectivity index (χ4n) is 2.70. The molecule has 1 aromatic heterocycles. The number of nitrogens with zero attached hydrogens (tertiary/aromatic N) is 2. The van der Waals surface area contributed by atoms with Crippen molar-refractivity contribution in [3.05, 3.63) is 22.3 Å². The summed E-state index contributed by atoms with van der Waals surface area (Å²) in [6.45, 7) is 10.2. The Morgan fingerprint density at radius 1 is 1.35 bits per heavy atom. The number of aryl methyl sites for hydroxylation is 1. The maximum Gasteiger partial charge on any atom is 0.129 e. The lowest BCUT2D eigenvalue weighted by Crippen LogP contribution is -2.46. The molecule has 1 aliphatic rings. The molecule has 3 atom stereocenters. The number of rotatable bonds is 1. The molecule has 2 rings (SSSR count). The third-order valence-corrected chi connectivity index (χ3v) is 4.75. The molecule has 0 spiro atoms. The lowest BCUT2D eigenvalue weighted by atomic mass is 9.86. The fourth-order valence-corrected chi connectivity index (χ4v) is 2.92. The van der Waals surface area contributed by atoms with E-state index < -0.39 is 0 Å². The molecule has 3 unspecified atom stereocenters. The van der Waals surface area contributed by atoms with Crippen LogP contribution in [0.1, 0.15) is 32.8 Å². The van der Waals surface area contributed by atoms with Gasteiger partial charge in [-0.2, -0.15) is 0 Å². The van der Waals surface area contributed by atoms with Gasteiger partial charge in [0.15, 0.2) is 0 Å². The van der Waals surface area contributed by atoms with Crippen LogP contribution in [0.4, 0.5) is 5.82 Å². The standard InChI is InChI=1S/C14H21BrN2/c1-9-5-10(2)12(4)17(8-9)14-6-11(3)13(15)7-16-14/h6-7,9-10,12H,5,8H2,1-4H3. The van der Waals surface area contributed by atoms with Crippen LogP contribution in [-0.4, -0.2) is 17.6 Å². The Morgan fingerprint density at radius 2 is 2.06 bits per heavy atom. The SMILES string of the molecule is Cc1cc(N2CC(C)CC(C)C2C)ncc1Br. The van der Waals surface area contributed by atoms with E-state index >= 15 is 0 Å². The van der Waals surface area contributed by atoms with E-state index in [-0.39, 0.29) is 0 Å². The lowest BCUT2D eigenvalue weighted by Gasteiger charge is -2.42. The Labute approximate surface area is 113 Å². The van der Waals surface area contributed by atoms with E-state index in [1.165, 1.54) is 12.0 Å². The average molecular weight is 297 g/mol. The molecule has 0 amide bonds. The quantitative estimate of drug-likeness (QED) is 0.778. The monoisotopic (exact) mass is 296 g/mol. The molecule has 1 aliphatic heterocycles. The molecule has 0 N–H and O–H groups in total. The Bertz CT molecular complexity index is 405. The molecule has 94 valence electrons. The third-order valence-electron chi connectivity index (χ3n) is 3.92. The number of anilines is 1. The van der Waals surface area contributed by atoms with Crippen molar-refractivity contribution in [1.29, 1.82) is 0 Å². The highest BCUT2D eigenvalue weighted by atomic mass is 79.9. The van der Waals surface area contributed by atoms with Crippen molar-refractivity contribution in [2.75, 3.05) is 11.4 Å². The largest absolute Gasteiger partial charge is 0.353 e. The van der Waals surface area contributed by atoms with Crippen LogP contribution in [-0.2, 0) is 0 Å². The fraction of sp³-hybridized carbons (Fsp3) is 0.643. The summed E-state index contributed by atoms with van der Waals surface area (Å²) in [5, 5.41) is 0. The average Bonchev–Trinajstić information content (AvgIpc) is 2.27. The highest BCUT2D eigenvalue weighted by Crippen LogP contribution is 2.31. The summed E-state index contributed by atoms with van der Waals surface area (Å²) >= 11 is 3.51. The van der Waals surface area contributed by atoms with Gasteiger partial charge in [0.25, 0.3) is 0 Å². The molecule has 2 heterocycles. The molecule has 2 nitrogen and oxygen atoms in total. The Morgan fingerprint density at radius 3 is 2.71 bits per heavy atom. The molecule has 0 bridgehead atoms. The molecular weight excluding hydrogens is 276 g/mol. The van der Waals surface area contributed by atoms with E-state index in [0.717, 1.165) is 28.7 Å². The van der Waals surface area contributed by atoms with Gasteiger partial charge >= 0.3 is 0 Å². The second-order valence-electron chi connectivity index (χ2n) is 5.50. The van der Waals surface area contributed by atoms with Crippen molar-refractivity contribution >= 4 is 21.7 Å². The van der Waals surface area contributed by atoms with E-state index in [4.69, 9.17) is 0 Å². The Kier molecular flexibility index (Phi) is 3.76. The Balaban J connectivity index is 2.28. The minimum Gasteiger partial charge on any atom is -0.353 e. The van der Waals surface area contributed by atoms with Gasteiger partial charge in [0.05, 0.1) is 0 Å². The van der Waals surface area contributed by atoms with Crippen LogP contribution in [0.15, 0.2) is 16.7 Å². The summed E-state index contributed by atoms with van der Waals surface area (Å²) in [5.74, 6) is 2.62. The first kappa shape index (κ1) is 12.9. The van der Waals surface area contributed by atoms with Gasteiger partial charge < -0.3 is 4.90 Å². The van der Waals surface area contributed by atoms with Gasteiger partial charge in [-0.15, -0.1) is 0 Å². The number of piperidine rings is 1. The highest BCUT2D eigenvalue weighted by molar-refractivity contribution is 9.10. The summed E-state index contributed by atoms with van der Waals surface area (Å²) < 4.78 is 1.09. The molecular formula is C14H21BrN2. The molecule has 0 aromatic carbocycles. The van der Waals surface area contributed by atoms with E-state index in [2.05, 4.69) is 59.6 Å². The zero-order chi connectivity index (χ0) is 12.6. The molecule has 0 aliphatic carbocycles. The summed E-state index contributed by atoms with van der Waals surface area (Å²) in [6.07, 6.45) is 3.24. The highest BCUT2D eigenvalue weighted by Gasteiger charge is 2.29. The zero-order valence-corrected chi connectivity index (χ0v) is 12.7. The molecule has 1 fully saturated rings. The first-order valence-electron chi connectivity index (χ1n) is 6.37. The smallest absolute Gasteiger partial charge is 0.129 e. The molecule has 0 radical (unpaired) electrons. The van der Waals surface area contributed by atoms with E-state index in [9.17, 15) is 0 Å². The van der Waals surface area contributed by atoms with Crippen LogP contribution in [0.5, 0.6) is 0 Å². The van der Waals surface area contributed by atoms with Gasteiger partial charge in [-0.25, -0.2) is 4.98 Å². The van der Waals surface area contributed by atoms with Crippen LogP contribution in [0, 0.1) is 18.8 Å². The molecule has 3 heteroatoms. The van der Waals surface area contributed by atoms with Gasteiger partial charge in [-0.1, -0.05) is 13.8 Å². The number of hydrogen-bond acceptors (Lipinski definition) is 2. The first-order valence-corrected chi connectivity index (χ1v) is 7.17. The van der Waals surface area contributed by atoms with Crippen molar-refractivity contribution < 1.29 is 0 Å². The lowest BCUT2D eigenvalue weighted by molar-refractivity contribution is 0.295. The predicted octanol–water partition coefficient (Wildman–Crippen LogP) is 4.02. The normalized spacial score (nSPS) is 29.5. The Hall–Kier alpha value is -0.570.